The Kier molecular flexibility index (Phi) is 5.86. The molecule has 0 aliphatic heterocycles. The number of hydrogen-bond donors (Lipinski definition) is 0. The quantitative estimate of drug-likeness (QED) is 0.568. The number of carbonyl (C=O) groups is 1. The van der Waals surface area contributed by atoms with Gasteiger partial charge < -0.3 is 0 Å². The summed E-state index contributed by atoms with van der Waals surface area (Å²) in [6.07, 6.45) is 2.95. The Balaban J connectivity index is 1.83. The number of rotatable bonds is 6. The van der Waals surface area contributed by atoms with Crippen LogP contribution in [0.2, 0.25) is 10.0 Å². The van der Waals surface area contributed by atoms with E-state index in [1.165, 1.54) is 27.2 Å². The normalized spacial score (nSPS) is 10.4. The second kappa shape index (κ2) is 8.31. The highest BCUT2D eigenvalue weighted by Crippen LogP contribution is 2.31. The van der Waals surface area contributed by atoms with Gasteiger partial charge in [0.15, 0.2) is 5.13 Å². The van der Waals surface area contributed by atoms with Crippen LogP contribution >= 0.6 is 34.5 Å². The zero-order valence-corrected chi connectivity index (χ0v) is 16.2. The maximum Gasteiger partial charge on any atom is 0.252 e. The molecule has 1 aromatic carbocycles. The van der Waals surface area contributed by atoms with Gasteiger partial charge in [0.2, 0.25) is 0 Å². The number of carbonyl (C=O) groups excluding carboxylic acids is 1. The standard InChI is InChI=1S/C17H12Cl2N6OS/c1-2-5-25(16(26)8-24-10-21-15(7-20)23-24)17-22-14(9-27-17)11-3-4-12(18)13(19)6-11/h2-4,6,9-10H,1,5,8H2. The molecule has 0 fully saturated rings. The molecular weight excluding hydrogens is 407 g/mol. The summed E-state index contributed by atoms with van der Waals surface area (Å²) in [6.45, 7) is 3.91. The van der Waals surface area contributed by atoms with E-state index >= 15 is 0 Å². The van der Waals surface area contributed by atoms with E-state index < -0.39 is 0 Å². The lowest BCUT2D eigenvalue weighted by atomic mass is 10.2. The fraction of sp³-hybridized carbons (Fsp3) is 0.118. The van der Waals surface area contributed by atoms with E-state index in [9.17, 15) is 4.79 Å². The zero-order chi connectivity index (χ0) is 19.4. The molecule has 27 heavy (non-hydrogen) atoms. The predicted octanol–water partition coefficient (Wildman–Crippen LogP) is 3.80. The average molecular weight is 419 g/mol. The first-order valence-electron chi connectivity index (χ1n) is 7.63. The van der Waals surface area contributed by atoms with Crippen LogP contribution in [0.15, 0.2) is 42.6 Å². The van der Waals surface area contributed by atoms with Crippen molar-refractivity contribution in [2.24, 2.45) is 0 Å². The van der Waals surface area contributed by atoms with Gasteiger partial charge in [-0.2, -0.15) is 5.26 Å². The molecule has 2 aromatic heterocycles. The van der Waals surface area contributed by atoms with Crippen LogP contribution in [0.4, 0.5) is 5.13 Å². The first-order valence-corrected chi connectivity index (χ1v) is 9.27. The van der Waals surface area contributed by atoms with Gasteiger partial charge in [-0.05, 0) is 12.1 Å². The molecule has 0 saturated carbocycles. The maximum absolute atomic E-state index is 12.7. The van der Waals surface area contributed by atoms with Crippen LogP contribution in [0.5, 0.6) is 0 Å². The number of nitrogens with zero attached hydrogens (tertiary/aromatic N) is 6. The average Bonchev–Trinajstić information content (AvgIpc) is 3.31. The minimum Gasteiger partial charge on any atom is -0.283 e. The number of anilines is 1. The lowest BCUT2D eigenvalue weighted by Gasteiger charge is -2.17. The summed E-state index contributed by atoms with van der Waals surface area (Å²) >= 11 is 13.3. The Labute approximate surface area is 169 Å². The first-order chi connectivity index (χ1) is 13.0. The van der Waals surface area contributed by atoms with Crippen LogP contribution in [0.25, 0.3) is 11.3 Å². The molecule has 0 aliphatic rings. The zero-order valence-electron chi connectivity index (χ0n) is 13.8. The van der Waals surface area contributed by atoms with Crippen molar-refractivity contribution in [3.05, 3.63) is 58.4 Å². The fourth-order valence-corrected chi connectivity index (χ4v) is 3.40. The molecule has 7 nitrogen and oxygen atoms in total. The minimum absolute atomic E-state index is 0.00854. The number of nitriles is 1. The fourth-order valence-electron chi connectivity index (χ4n) is 2.24. The summed E-state index contributed by atoms with van der Waals surface area (Å²) in [5.41, 5.74) is 1.48. The molecule has 0 unspecified atom stereocenters. The molecule has 3 rings (SSSR count). The summed E-state index contributed by atoms with van der Waals surface area (Å²) in [4.78, 5) is 22.5. The molecule has 3 aromatic rings. The highest BCUT2D eigenvalue weighted by molar-refractivity contribution is 7.14. The summed E-state index contributed by atoms with van der Waals surface area (Å²) in [7, 11) is 0. The minimum atomic E-state index is -0.251. The van der Waals surface area contributed by atoms with Crippen molar-refractivity contribution in [1.82, 2.24) is 19.7 Å². The van der Waals surface area contributed by atoms with Crippen LogP contribution < -0.4 is 4.90 Å². The molecule has 0 radical (unpaired) electrons. The topological polar surface area (TPSA) is 87.7 Å². The van der Waals surface area contributed by atoms with Crippen molar-refractivity contribution >= 4 is 45.6 Å². The molecular formula is C17H12Cl2N6OS. The Bertz CT molecular complexity index is 1040. The second-order valence-corrected chi connectivity index (χ2v) is 6.97. The molecule has 136 valence electrons. The molecule has 0 atom stereocenters. The Morgan fingerprint density at radius 3 is 2.89 bits per heavy atom. The van der Waals surface area contributed by atoms with Gasteiger partial charge in [-0.1, -0.05) is 35.3 Å². The SMILES string of the molecule is C=CCN(C(=O)Cn1cnc(C#N)n1)c1nc(-c2ccc(Cl)c(Cl)c2)cs1. The molecule has 10 heteroatoms. The number of amides is 1. The summed E-state index contributed by atoms with van der Waals surface area (Å²) in [5, 5.41) is 15.9. The van der Waals surface area contributed by atoms with E-state index in [0.29, 0.717) is 20.9 Å². The summed E-state index contributed by atoms with van der Waals surface area (Å²) in [6, 6.07) is 7.05. The molecule has 0 saturated heterocycles. The third kappa shape index (κ3) is 4.34. The predicted molar refractivity (Wildman–Crippen MR) is 105 cm³/mol. The largest absolute Gasteiger partial charge is 0.283 e. The van der Waals surface area contributed by atoms with Crippen LogP contribution in [-0.2, 0) is 11.3 Å². The van der Waals surface area contributed by atoms with Crippen molar-refractivity contribution < 1.29 is 4.79 Å². The number of aromatic nitrogens is 4. The molecule has 0 N–H and O–H groups in total. The maximum atomic E-state index is 12.7. The van der Waals surface area contributed by atoms with Crippen molar-refractivity contribution in [3.63, 3.8) is 0 Å². The van der Waals surface area contributed by atoms with Crippen LogP contribution in [0.1, 0.15) is 5.82 Å². The summed E-state index contributed by atoms with van der Waals surface area (Å²) < 4.78 is 1.31. The van der Waals surface area contributed by atoms with Crippen molar-refractivity contribution in [1.29, 1.82) is 5.26 Å². The van der Waals surface area contributed by atoms with Gasteiger partial charge >= 0.3 is 0 Å². The molecule has 0 aliphatic carbocycles. The third-order valence-electron chi connectivity index (χ3n) is 3.48. The van der Waals surface area contributed by atoms with E-state index in [1.54, 1.807) is 18.2 Å². The third-order valence-corrected chi connectivity index (χ3v) is 5.09. The van der Waals surface area contributed by atoms with Crippen molar-refractivity contribution in [2.75, 3.05) is 11.4 Å². The Morgan fingerprint density at radius 1 is 1.41 bits per heavy atom. The first kappa shape index (κ1) is 19.0. The second-order valence-electron chi connectivity index (χ2n) is 5.31. The molecule has 0 bridgehead atoms. The van der Waals surface area contributed by atoms with Gasteiger partial charge in [0, 0.05) is 17.5 Å². The van der Waals surface area contributed by atoms with Crippen molar-refractivity contribution in [2.45, 2.75) is 6.54 Å². The highest BCUT2D eigenvalue weighted by Gasteiger charge is 2.19. The summed E-state index contributed by atoms with van der Waals surface area (Å²) in [5.74, 6) is -0.242. The van der Waals surface area contributed by atoms with Crippen molar-refractivity contribution in [3.8, 4) is 17.3 Å². The molecule has 0 spiro atoms. The lowest BCUT2D eigenvalue weighted by Crippen LogP contribution is -2.34. The van der Waals surface area contributed by atoms with E-state index in [-0.39, 0.29) is 24.8 Å². The van der Waals surface area contributed by atoms with Crippen LogP contribution in [-0.4, -0.2) is 32.2 Å². The number of thiazole rings is 1. The van der Waals surface area contributed by atoms with Gasteiger partial charge in [0.1, 0.15) is 18.9 Å². The smallest absolute Gasteiger partial charge is 0.252 e. The highest BCUT2D eigenvalue weighted by atomic mass is 35.5. The number of halogens is 2. The monoisotopic (exact) mass is 418 g/mol. The number of benzene rings is 1. The molecule has 2 heterocycles. The van der Waals surface area contributed by atoms with E-state index in [1.807, 2.05) is 17.5 Å². The van der Waals surface area contributed by atoms with E-state index in [2.05, 4.69) is 21.6 Å². The van der Waals surface area contributed by atoms with Gasteiger partial charge in [-0.3, -0.25) is 9.69 Å². The van der Waals surface area contributed by atoms with Crippen LogP contribution in [0.3, 0.4) is 0 Å². The van der Waals surface area contributed by atoms with Gasteiger partial charge in [-0.15, -0.1) is 23.0 Å². The Morgan fingerprint density at radius 2 is 2.22 bits per heavy atom. The Hall–Kier alpha value is -2.73. The molecule has 1 amide bonds. The van der Waals surface area contributed by atoms with Gasteiger partial charge in [0.05, 0.1) is 15.7 Å². The van der Waals surface area contributed by atoms with Gasteiger partial charge in [-0.25, -0.2) is 14.6 Å². The van der Waals surface area contributed by atoms with E-state index in [0.717, 1.165) is 5.56 Å². The lowest BCUT2D eigenvalue weighted by molar-refractivity contribution is -0.119. The van der Waals surface area contributed by atoms with Crippen LogP contribution in [0, 0.1) is 11.3 Å². The van der Waals surface area contributed by atoms with Gasteiger partial charge in [0.25, 0.3) is 11.7 Å². The van der Waals surface area contributed by atoms with E-state index in [4.69, 9.17) is 28.5 Å². The number of hydrogen-bond acceptors (Lipinski definition) is 6.